The number of hydrogen-bond acceptors (Lipinski definition) is 2. The molecule has 30 heavy (non-hydrogen) atoms. The van der Waals surface area contributed by atoms with Gasteiger partial charge in [0.2, 0.25) is 0 Å². The summed E-state index contributed by atoms with van der Waals surface area (Å²) in [4.78, 5) is 31.2. The quantitative estimate of drug-likeness (QED) is 0.482. The Balaban J connectivity index is 1.58. The smallest absolute Gasteiger partial charge is 0.284 e. The zero-order valence-electron chi connectivity index (χ0n) is 16.5. The van der Waals surface area contributed by atoms with E-state index in [1.807, 2.05) is 36.4 Å². The van der Waals surface area contributed by atoms with Gasteiger partial charge in [0.05, 0.1) is 17.5 Å². The topological polar surface area (TPSA) is 41.7 Å². The van der Waals surface area contributed by atoms with Crippen molar-refractivity contribution in [3.8, 4) is 0 Å². The number of hydrogen-bond donors (Lipinski definition) is 0. The van der Waals surface area contributed by atoms with Gasteiger partial charge in [0.15, 0.2) is 0 Å². The van der Waals surface area contributed by atoms with Crippen LogP contribution in [-0.4, -0.2) is 23.3 Å². The van der Waals surface area contributed by atoms with Gasteiger partial charge in [0.1, 0.15) is 0 Å². The number of rotatable bonds is 3. The Morgan fingerprint density at radius 1 is 0.767 bits per heavy atom. The molecule has 2 amide bonds. The van der Waals surface area contributed by atoms with Crippen LogP contribution in [0.25, 0.3) is 4.85 Å². The first-order valence-corrected chi connectivity index (χ1v) is 10.2. The second-order valence-electron chi connectivity index (χ2n) is 7.84. The van der Waals surface area contributed by atoms with Crippen LogP contribution >= 0.6 is 0 Å². The van der Waals surface area contributed by atoms with Gasteiger partial charge in [-0.05, 0) is 36.1 Å². The highest BCUT2D eigenvalue weighted by Crippen LogP contribution is 2.44. The van der Waals surface area contributed by atoms with E-state index in [0.29, 0.717) is 17.5 Å². The Bertz CT molecular complexity index is 1140. The van der Waals surface area contributed by atoms with Crippen molar-refractivity contribution in [1.29, 1.82) is 0 Å². The molecule has 1 aliphatic carbocycles. The van der Waals surface area contributed by atoms with E-state index < -0.39 is 5.54 Å². The molecule has 1 aliphatic heterocycles. The Hall–Kier alpha value is -3.71. The summed E-state index contributed by atoms with van der Waals surface area (Å²) in [5.74, 6) is -0.545. The van der Waals surface area contributed by atoms with Gasteiger partial charge in [-0.15, -0.1) is 0 Å². The zero-order valence-corrected chi connectivity index (χ0v) is 16.5. The third kappa shape index (κ3) is 2.59. The monoisotopic (exact) mass is 392 g/mol. The molecule has 1 heterocycles. The fourth-order valence-corrected chi connectivity index (χ4v) is 4.86. The van der Waals surface area contributed by atoms with Crippen molar-refractivity contribution in [3.63, 3.8) is 0 Å². The van der Waals surface area contributed by atoms with E-state index in [2.05, 4.69) is 17.0 Å². The molecule has 0 radical (unpaired) electrons. The Morgan fingerprint density at radius 3 is 1.73 bits per heavy atom. The van der Waals surface area contributed by atoms with Gasteiger partial charge < -0.3 is 0 Å². The van der Waals surface area contributed by atoms with Crippen molar-refractivity contribution in [2.45, 2.75) is 24.8 Å². The molecule has 0 atom stereocenters. The summed E-state index contributed by atoms with van der Waals surface area (Å²) in [5.41, 5.74) is 4.27. The van der Waals surface area contributed by atoms with Gasteiger partial charge >= 0.3 is 0 Å². The van der Waals surface area contributed by atoms with E-state index in [-0.39, 0.29) is 18.4 Å². The first kappa shape index (κ1) is 18.3. The molecule has 5 rings (SSSR count). The molecule has 0 spiro atoms. The minimum absolute atomic E-state index is 0.206. The zero-order chi connectivity index (χ0) is 20.7. The number of carbonyl (C=O) groups excluding carboxylic acids is 2. The molecule has 0 unspecified atom stereocenters. The second kappa shape index (κ2) is 6.96. The SMILES string of the molecule is [C-]#[N+]C1(CCN2C(=O)c3ccccc3C2=O)c2ccccc2CCc2ccccc21. The fraction of sp³-hybridized carbons (Fsp3) is 0.192. The van der Waals surface area contributed by atoms with Gasteiger partial charge in [-0.2, -0.15) is 0 Å². The second-order valence-corrected chi connectivity index (χ2v) is 7.84. The molecule has 0 N–H and O–H groups in total. The van der Waals surface area contributed by atoms with Gasteiger partial charge in [0.25, 0.3) is 17.4 Å². The van der Waals surface area contributed by atoms with E-state index in [4.69, 9.17) is 6.57 Å². The lowest BCUT2D eigenvalue weighted by Crippen LogP contribution is -2.36. The highest BCUT2D eigenvalue weighted by molar-refractivity contribution is 6.21. The van der Waals surface area contributed by atoms with Crippen LogP contribution in [-0.2, 0) is 18.4 Å². The Morgan fingerprint density at radius 2 is 1.23 bits per heavy atom. The molecule has 146 valence electrons. The predicted octanol–water partition coefficient (Wildman–Crippen LogP) is 4.63. The van der Waals surface area contributed by atoms with Crippen molar-refractivity contribution in [2.24, 2.45) is 0 Å². The summed E-state index contributed by atoms with van der Waals surface area (Å²) in [6, 6.07) is 23.1. The Labute approximate surface area is 175 Å². The molecule has 0 saturated carbocycles. The summed E-state index contributed by atoms with van der Waals surface area (Å²) in [6.45, 7) is 8.45. The third-order valence-corrected chi connectivity index (χ3v) is 6.36. The van der Waals surface area contributed by atoms with E-state index in [0.717, 1.165) is 35.1 Å². The van der Waals surface area contributed by atoms with Crippen molar-refractivity contribution < 1.29 is 9.59 Å². The van der Waals surface area contributed by atoms with Crippen molar-refractivity contribution in [1.82, 2.24) is 4.90 Å². The number of aryl methyl sites for hydroxylation is 2. The lowest BCUT2D eigenvalue weighted by Gasteiger charge is -2.26. The summed E-state index contributed by atoms with van der Waals surface area (Å²) >= 11 is 0. The van der Waals surface area contributed by atoms with E-state index in [1.54, 1.807) is 24.3 Å². The molecule has 0 saturated heterocycles. The van der Waals surface area contributed by atoms with Crippen LogP contribution in [0.5, 0.6) is 0 Å². The van der Waals surface area contributed by atoms with Crippen LogP contribution < -0.4 is 0 Å². The third-order valence-electron chi connectivity index (χ3n) is 6.36. The standard InChI is InChI=1S/C26H20N2O2/c1-27-26(16-17-28-24(29)20-10-4-5-11-21(20)25(28)30)22-12-6-2-8-18(22)14-15-19-9-3-7-13-23(19)26/h2-13H,14-17H2. The van der Waals surface area contributed by atoms with Crippen molar-refractivity contribution in [2.75, 3.05) is 6.54 Å². The maximum absolute atomic E-state index is 12.9. The number of nitrogens with zero attached hydrogens (tertiary/aromatic N) is 2. The molecular weight excluding hydrogens is 372 g/mol. The minimum Gasteiger partial charge on any atom is -0.300 e. The highest BCUT2D eigenvalue weighted by atomic mass is 16.2. The molecule has 3 aromatic carbocycles. The molecule has 2 aliphatic rings. The lowest BCUT2D eigenvalue weighted by atomic mass is 9.78. The number of carbonyl (C=O) groups is 2. The minimum atomic E-state index is -0.918. The number of fused-ring (bicyclic) bond motifs is 3. The summed E-state index contributed by atoms with van der Waals surface area (Å²) < 4.78 is 0. The van der Waals surface area contributed by atoms with E-state index in [1.165, 1.54) is 4.90 Å². The summed E-state index contributed by atoms with van der Waals surface area (Å²) in [5, 5.41) is 0. The molecule has 0 fully saturated rings. The van der Waals surface area contributed by atoms with Crippen LogP contribution in [0.2, 0.25) is 0 Å². The average Bonchev–Trinajstić information content (AvgIpc) is 2.95. The highest BCUT2D eigenvalue weighted by Gasteiger charge is 2.47. The summed E-state index contributed by atoms with van der Waals surface area (Å²) in [6.07, 6.45) is 2.12. The normalized spacial score (nSPS) is 16.3. The molecule has 4 heteroatoms. The molecule has 3 aromatic rings. The van der Waals surface area contributed by atoms with E-state index in [9.17, 15) is 9.59 Å². The van der Waals surface area contributed by atoms with Crippen LogP contribution in [0.1, 0.15) is 49.4 Å². The predicted molar refractivity (Wildman–Crippen MR) is 114 cm³/mol. The molecule has 4 nitrogen and oxygen atoms in total. The number of amides is 2. The maximum atomic E-state index is 12.9. The van der Waals surface area contributed by atoms with Crippen LogP contribution in [0.3, 0.4) is 0 Å². The van der Waals surface area contributed by atoms with Crippen molar-refractivity contribution >= 4 is 11.8 Å². The fourth-order valence-electron chi connectivity index (χ4n) is 4.86. The van der Waals surface area contributed by atoms with Crippen LogP contribution in [0.15, 0.2) is 72.8 Å². The Kier molecular flexibility index (Phi) is 4.25. The molecular formula is C26H20N2O2. The average molecular weight is 392 g/mol. The summed E-state index contributed by atoms with van der Waals surface area (Å²) in [7, 11) is 0. The van der Waals surface area contributed by atoms with E-state index >= 15 is 0 Å². The molecule has 0 aromatic heterocycles. The number of imide groups is 1. The first-order chi connectivity index (χ1) is 14.7. The van der Waals surface area contributed by atoms with Crippen LogP contribution in [0, 0.1) is 6.57 Å². The first-order valence-electron chi connectivity index (χ1n) is 10.2. The van der Waals surface area contributed by atoms with Crippen LogP contribution in [0.4, 0.5) is 0 Å². The lowest BCUT2D eigenvalue weighted by molar-refractivity contribution is 0.0647. The van der Waals surface area contributed by atoms with Gasteiger partial charge in [0, 0.05) is 17.7 Å². The van der Waals surface area contributed by atoms with Crippen molar-refractivity contribution in [3.05, 3.63) is 118 Å². The van der Waals surface area contributed by atoms with Gasteiger partial charge in [-0.3, -0.25) is 19.3 Å². The van der Waals surface area contributed by atoms with Gasteiger partial charge in [-0.25, -0.2) is 6.57 Å². The molecule has 0 bridgehead atoms. The largest absolute Gasteiger partial charge is 0.300 e. The maximum Gasteiger partial charge on any atom is 0.284 e. The van der Waals surface area contributed by atoms with Gasteiger partial charge in [-0.1, -0.05) is 60.7 Å². The number of benzene rings is 3.